The summed E-state index contributed by atoms with van der Waals surface area (Å²) in [6, 6.07) is 10.5. The number of aryl methyl sites for hydroxylation is 2. The molecule has 3 amide bonds. The van der Waals surface area contributed by atoms with Gasteiger partial charge in [0.05, 0.1) is 0 Å². The number of hydrogen-bond donors (Lipinski definition) is 3. The molecular formula is C33H49N3O5. The van der Waals surface area contributed by atoms with Gasteiger partial charge in [0.15, 0.2) is 0 Å². The molecule has 226 valence electrons. The number of unbranched alkanes of at least 4 members (excludes halogenated alkanes) is 1. The summed E-state index contributed by atoms with van der Waals surface area (Å²) in [7, 11) is 0. The molecule has 2 atom stereocenters. The Kier molecular flexibility index (Phi) is 11.8. The topological polar surface area (TPSA) is 108 Å². The van der Waals surface area contributed by atoms with Crippen LogP contribution in [0.15, 0.2) is 42.5 Å². The molecule has 0 fully saturated rings. The van der Waals surface area contributed by atoms with E-state index in [0.717, 1.165) is 29.5 Å². The standard InChI is InChI=1S/C33H49N3O5/c1-10-12-17-34-29(38)28(25-19-22(3)18-23(4)20-25)36(33(8,9)11-2)30(39)27(35-31(40)41-32(5,6)7)21-24-13-15-26(37)16-14-24/h13-16,18-20,27-28,37H,10-12,17,21H2,1-9H3,(H,34,38)(H,35,40). The minimum Gasteiger partial charge on any atom is -0.508 e. The number of rotatable bonds is 12. The first-order valence-electron chi connectivity index (χ1n) is 14.5. The van der Waals surface area contributed by atoms with Gasteiger partial charge in [0, 0.05) is 18.5 Å². The lowest BCUT2D eigenvalue weighted by molar-refractivity contribution is -0.149. The highest BCUT2D eigenvalue weighted by molar-refractivity contribution is 5.93. The number of alkyl carbamates (subject to hydrolysis) is 1. The van der Waals surface area contributed by atoms with E-state index >= 15 is 0 Å². The SMILES string of the molecule is CCCCNC(=O)C(c1cc(C)cc(C)c1)N(C(=O)C(Cc1ccc(O)cc1)NC(=O)OC(C)(C)C)C(C)(C)CC. The molecule has 0 aliphatic rings. The van der Waals surface area contributed by atoms with E-state index in [2.05, 4.69) is 17.6 Å². The van der Waals surface area contributed by atoms with Crippen molar-refractivity contribution in [3.05, 3.63) is 64.7 Å². The third-order valence-electron chi connectivity index (χ3n) is 7.02. The largest absolute Gasteiger partial charge is 0.508 e. The Bertz CT molecular complexity index is 1160. The van der Waals surface area contributed by atoms with Crippen molar-refractivity contribution in [3.63, 3.8) is 0 Å². The Morgan fingerprint density at radius 2 is 1.54 bits per heavy atom. The third kappa shape index (κ3) is 10.1. The van der Waals surface area contributed by atoms with E-state index in [4.69, 9.17) is 4.74 Å². The Balaban J connectivity index is 2.67. The second kappa shape index (κ2) is 14.4. The molecule has 41 heavy (non-hydrogen) atoms. The van der Waals surface area contributed by atoms with Gasteiger partial charge >= 0.3 is 6.09 Å². The maximum absolute atomic E-state index is 14.7. The zero-order valence-corrected chi connectivity index (χ0v) is 26.3. The molecule has 2 aromatic rings. The summed E-state index contributed by atoms with van der Waals surface area (Å²) in [6.07, 6.45) is 1.73. The first-order chi connectivity index (χ1) is 19.1. The maximum Gasteiger partial charge on any atom is 0.408 e. The number of hydrogen-bond acceptors (Lipinski definition) is 5. The van der Waals surface area contributed by atoms with E-state index in [1.54, 1.807) is 37.8 Å². The number of benzene rings is 2. The van der Waals surface area contributed by atoms with Gasteiger partial charge < -0.3 is 25.4 Å². The van der Waals surface area contributed by atoms with Gasteiger partial charge in [-0.15, -0.1) is 0 Å². The van der Waals surface area contributed by atoms with Crippen LogP contribution >= 0.6 is 0 Å². The van der Waals surface area contributed by atoms with Crippen molar-refractivity contribution in [2.45, 2.75) is 111 Å². The van der Waals surface area contributed by atoms with Gasteiger partial charge in [0.25, 0.3) is 0 Å². The lowest BCUT2D eigenvalue weighted by Gasteiger charge is -2.44. The number of nitrogens with zero attached hydrogens (tertiary/aromatic N) is 1. The smallest absolute Gasteiger partial charge is 0.408 e. The molecule has 0 heterocycles. The van der Waals surface area contributed by atoms with Crippen LogP contribution in [0.1, 0.15) is 96.0 Å². The van der Waals surface area contributed by atoms with E-state index in [1.165, 1.54) is 12.1 Å². The van der Waals surface area contributed by atoms with E-state index < -0.39 is 35.2 Å². The Labute approximate surface area is 245 Å². The minimum absolute atomic E-state index is 0.101. The third-order valence-corrected chi connectivity index (χ3v) is 7.02. The lowest BCUT2D eigenvalue weighted by atomic mass is 9.90. The summed E-state index contributed by atoms with van der Waals surface area (Å²) < 4.78 is 5.52. The molecule has 0 saturated heterocycles. The summed E-state index contributed by atoms with van der Waals surface area (Å²) >= 11 is 0. The highest BCUT2D eigenvalue weighted by atomic mass is 16.6. The van der Waals surface area contributed by atoms with Crippen LogP contribution < -0.4 is 10.6 Å². The van der Waals surface area contributed by atoms with Crippen LogP contribution in [-0.4, -0.2) is 51.6 Å². The first kappa shape index (κ1) is 33.7. The highest BCUT2D eigenvalue weighted by Crippen LogP contribution is 2.33. The van der Waals surface area contributed by atoms with E-state index in [1.807, 2.05) is 52.8 Å². The van der Waals surface area contributed by atoms with Crippen molar-refractivity contribution in [3.8, 4) is 5.75 Å². The summed E-state index contributed by atoms with van der Waals surface area (Å²) in [4.78, 5) is 43.2. The fourth-order valence-corrected chi connectivity index (χ4v) is 4.70. The molecule has 0 aliphatic carbocycles. The van der Waals surface area contributed by atoms with Gasteiger partial charge in [0.2, 0.25) is 11.8 Å². The Morgan fingerprint density at radius 3 is 2.05 bits per heavy atom. The number of aromatic hydroxyl groups is 1. The average Bonchev–Trinajstić information content (AvgIpc) is 2.86. The molecular weight excluding hydrogens is 518 g/mol. The second-order valence-electron chi connectivity index (χ2n) is 12.4. The number of phenolic OH excluding ortho intramolecular Hbond substituents is 1. The number of amides is 3. The van der Waals surface area contributed by atoms with Crippen molar-refractivity contribution in [1.82, 2.24) is 15.5 Å². The molecule has 8 nitrogen and oxygen atoms in total. The van der Waals surface area contributed by atoms with Gasteiger partial charge in [-0.2, -0.15) is 0 Å². The molecule has 8 heteroatoms. The number of nitrogens with one attached hydrogen (secondary N) is 2. The predicted octanol–water partition coefficient (Wildman–Crippen LogP) is 6.12. The molecule has 0 aliphatic heterocycles. The summed E-state index contributed by atoms with van der Waals surface area (Å²) in [6.45, 7) is 17.6. The molecule has 0 spiro atoms. The van der Waals surface area contributed by atoms with Crippen LogP contribution in [0.25, 0.3) is 0 Å². The Morgan fingerprint density at radius 1 is 0.951 bits per heavy atom. The van der Waals surface area contributed by atoms with Crippen molar-refractivity contribution in [2.75, 3.05) is 6.54 Å². The van der Waals surface area contributed by atoms with Crippen LogP contribution in [0.2, 0.25) is 0 Å². The normalized spacial score (nSPS) is 13.2. The fourth-order valence-electron chi connectivity index (χ4n) is 4.70. The van der Waals surface area contributed by atoms with Crippen molar-refractivity contribution in [2.24, 2.45) is 0 Å². The van der Waals surface area contributed by atoms with Crippen molar-refractivity contribution in [1.29, 1.82) is 0 Å². The summed E-state index contributed by atoms with van der Waals surface area (Å²) in [5.41, 5.74) is 1.92. The number of carbonyl (C=O) groups is 3. The molecule has 2 rings (SSSR count). The lowest BCUT2D eigenvalue weighted by Crippen LogP contribution is -2.60. The van der Waals surface area contributed by atoms with Crippen molar-refractivity contribution >= 4 is 17.9 Å². The number of phenols is 1. The van der Waals surface area contributed by atoms with Gasteiger partial charge in [-0.3, -0.25) is 9.59 Å². The Hall–Kier alpha value is -3.55. The number of carbonyl (C=O) groups excluding carboxylic acids is 3. The van der Waals surface area contributed by atoms with Crippen LogP contribution in [0, 0.1) is 13.8 Å². The molecule has 0 aromatic heterocycles. The molecule has 2 aromatic carbocycles. The van der Waals surface area contributed by atoms with Crippen LogP contribution in [-0.2, 0) is 20.7 Å². The van der Waals surface area contributed by atoms with Gasteiger partial charge in [0.1, 0.15) is 23.4 Å². The first-order valence-corrected chi connectivity index (χ1v) is 14.5. The predicted molar refractivity (Wildman–Crippen MR) is 163 cm³/mol. The summed E-state index contributed by atoms with van der Waals surface area (Å²) in [5.74, 6) is -0.561. The van der Waals surface area contributed by atoms with E-state index in [0.29, 0.717) is 18.5 Å². The maximum atomic E-state index is 14.7. The van der Waals surface area contributed by atoms with E-state index in [-0.39, 0.29) is 18.1 Å². The average molecular weight is 568 g/mol. The summed E-state index contributed by atoms with van der Waals surface area (Å²) in [5, 5.41) is 15.6. The second-order valence-corrected chi connectivity index (χ2v) is 12.4. The minimum atomic E-state index is -1.03. The monoisotopic (exact) mass is 567 g/mol. The van der Waals surface area contributed by atoms with Crippen LogP contribution in [0.4, 0.5) is 4.79 Å². The fraction of sp³-hybridized carbons (Fsp3) is 0.545. The molecule has 0 radical (unpaired) electrons. The zero-order valence-electron chi connectivity index (χ0n) is 26.3. The van der Waals surface area contributed by atoms with Crippen LogP contribution in [0.5, 0.6) is 5.75 Å². The zero-order chi connectivity index (χ0) is 31.0. The van der Waals surface area contributed by atoms with Gasteiger partial charge in [-0.1, -0.05) is 61.7 Å². The molecule has 0 bridgehead atoms. The van der Waals surface area contributed by atoms with Crippen molar-refractivity contribution < 1.29 is 24.2 Å². The van der Waals surface area contributed by atoms with Crippen LogP contribution in [0.3, 0.4) is 0 Å². The van der Waals surface area contributed by atoms with Gasteiger partial charge in [-0.25, -0.2) is 4.79 Å². The molecule has 0 saturated carbocycles. The number of ether oxygens (including phenoxy) is 1. The molecule has 3 N–H and O–H groups in total. The quantitative estimate of drug-likeness (QED) is 0.268. The highest BCUT2D eigenvalue weighted by Gasteiger charge is 2.43. The molecule has 2 unspecified atom stereocenters. The van der Waals surface area contributed by atoms with E-state index in [9.17, 15) is 19.5 Å². The van der Waals surface area contributed by atoms with Gasteiger partial charge in [-0.05, 0) is 84.6 Å².